The van der Waals surface area contributed by atoms with Gasteiger partial charge in [-0.2, -0.15) is 5.10 Å². The highest BCUT2D eigenvalue weighted by Gasteiger charge is 2.06. The van der Waals surface area contributed by atoms with E-state index in [9.17, 15) is 0 Å². The summed E-state index contributed by atoms with van der Waals surface area (Å²) in [5, 5.41) is 12.2. The predicted molar refractivity (Wildman–Crippen MR) is 96.6 cm³/mol. The molecular weight excluding hydrogens is 316 g/mol. The lowest BCUT2D eigenvalue weighted by Crippen LogP contribution is -2.29. The van der Waals surface area contributed by atoms with Gasteiger partial charge >= 0.3 is 0 Å². The van der Waals surface area contributed by atoms with Crippen molar-refractivity contribution in [1.82, 2.24) is 15.1 Å². The lowest BCUT2D eigenvalue weighted by atomic mass is 10.2. The summed E-state index contributed by atoms with van der Waals surface area (Å²) < 4.78 is 1.94. The zero-order valence-corrected chi connectivity index (χ0v) is 14.5. The van der Waals surface area contributed by atoms with Gasteiger partial charge < -0.3 is 10.6 Å². The average molecular weight is 337 g/mol. The van der Waals surface area contributed by atoms with E-state index in [4.69, 9.17) is 23.8 Å². The summed E-state index contributed by atoms with van der Waals surface area (Å²) in [4.78, 5) is 0. The fraction of sp³-hybridized carbons (Fsp3) is 0.375. The van der Waals surface area contributed by atoms with Crippen LogP contribution in [0, 0.1) is 6.92 Å². The minimum Gasteiger partial charge on any atom is -0.362 e. The molecule has 0 atom stereocenters. The largest absolute Gasteiger partial charge is 0.362 e. The summed E-state index contributed by atoms with van der Waals surface area (Å²) in [6, 6.07) is 9.79. The van der Waals surface area contributed by atoms with Crippen LogP contribution in [-0.4, -0.2) is 21.4 Å². The maximum absolute atomic E-state index is 5.91. The first kappa shape index (κ1) is 16.8. The highest BCUT2D eigenvalue weighted by atomic mass is 35.5. The van der Waals surface area contributed by atoms with Crippen molar-refractivity contribution >= 4 is 34.7 Å². The van der Waals surface area contributed by atoms with Crippen molar-refractivity contribution < 1.29 is 0 Å². The molecule has 0 fully saturated rings. The second-order valence-electron chi connectivity index (χ2n) is 5.19. The number of nitrogens with one attached hydrogen (secondary N) is 2. The van der Waals surface area contributed by atoms with E-state index in [1.54, 1.807) is 0 Å². The fourth-order valence-electron chi connectivity index (χ4n) is 2.03. The van der Waals surface area contributed by atoms with Gasteiger partial charge in [-0.15, -0.1) is 0 Å². The van der Waals surface area contributed by atoms with Crippen LogP contribution >= 0.6 is 23.8 Å². The van der Waals surface area contributed by atoms with Gasteiger partial charge in [-0.25, -0.2) is 0 Å². The average Bonchev–Trinajstić information content (AvgIpc) is 2.81. The number of benzene rings is 1. The van der Waals surface area contributed by atoms with Gasteiger partial charge in [-0.3, -0.25) is 4.68 Å². The Bertz CT molecular complexity index is 622. The monoisotopic (exact) mass is 336 g/mol. The number of anilines is 1. The molecular formula is C16H21ClN4S. The molecule has 2 aromatic rings. The van der Waals surface area contributed by atoms with Gasteiger partial charge in [0.2, 0.25) is 0 Å². The van der Waals surface area contributed by atoms with Gasteiger partial charge in [0.05, 0.1) is 6.54 Å². The molecule has 0 aliphatic heterocycles. The second-order valence-corrected chi connectivity index (χ2v) is 6.03. The minimum atomic E-state index is 0.615. The summed E-state index contributed by atoms with van der Waals surface area (Å²) in [5.41, 5.74) is 2.24. The van der Waals surface area contributed by atoms with Crippen LogP contribution in [0.15, 0.2) is 30.3 Å². The molecule has 22 heavy (non-hydrogen) atoms. The Hall–Kier alpha value is -1.59. The summed E-state index contributed by atoms with van der Waals surface area (Å²) >= 11 is 11.2. The van der Waals surface area contributed by atoms with Crippen LogP contribution in [-0.2, 0) is 6.54 Å². The second kappa shape index (κ2) is 8.15. The SMILES string of the molecule is CCCCNC(=S)Nc1cc(C)n(Cc2ccc(Cl)cc2)n1. The van der Waals surface area contributed by atoms with E-state index in [1.807, 2.05) is 41.9 Å². The number of hydrogen-bond donors (Lipinski definition) is 2. The smallest absolute Gasteiger partial charge is 0.171 e. The van der Waals surface area contributed by atoms with Crippen LogP contribution in [0.2, 0.25) is 5.02 Å². The van der Waals surface area contributed by atoms with Crippen molar-refractivity contribution in [3.63, 3.8) is 0 Å². The van der Waals surface area contributed by atoms with E-state index in [0.717, 1.165) is 41.5 Å². The van der Waals surface area contributed by atoms with Crippen LogP contribution in [0.4, 0.5) is 5.82 Å². The molecule has 0 amide bonds. The Morgan fingerprint density at radius 1 is 1.32 bits per heavy atom. The molecule has 2 N–H and O–H groups in total. The van der Waals surface area contributed by atoms with Gasteiger partial charge in [0.15, 0.2) is 10.9 Å². The molecule has 2 rings (SSSR count). The molecule has 1 aromatic carbocycles. The van der Waals surface area contributed by atoms with Crippen molar-refractivity contribution in [2.24, 2.45) is 0 Å². The van der Waals surface area contributed by atoms with Crippen LogP contribution in [0.1, 0.15) is 31.0 Å². The Morgan fingerprint density at radius 3 is 2.73 bits per heavy atom. The molecule has 0 saturated carbocycles. The molecule has 4 nitrogen and oxygen atoms in total. The van der Waals surface area contributed by atoms with Gasteiger partial charge in [-0.1, -0.05) is 37.1 Å². The molecule has 6 heteroatoms. The van der Waals surface area contributed by atoms with Gasteiger partial charge in [-0.05, 0) is 43.3 Å². The topological polar surface area (TPSA) is 41.9 Å². The summed E-state index contributed by atoms with van der Waals surface area (Å²) in [6.45, 7) is 5.77. The van der Waals surface area contributed by atoms with Crippen molar-refractivity contribution in [3.8, 4) is 0 Å². The zero-order chi connectivity index (χ0) is 15.9. The maximum Gasteiger partial charge on any atom is 0.171 e. The third-order valence-electron chi connectivity index (χ3n) is 3.28. The van der Waals surface area contributed by atoms with E-state index in [-0.39, 0.29) is 0 Å². The fourth-order valence-corrected chi connectivity index (χ4v) is 2.37. The molecule has 118 valence electrons. The lowest BCUT2D eigenvalue weighted by Gasteiger charge is -2.07. The molecule has 0 spiro atoms. The Labute approximate surface area is 141 Å². The molecule has 1 heterocycles. The van der Waals surface area contributed by atoms with Crippen molar-refractivity contribution in [3.05, 3.63) is 46.6 Å². The quantitative estimate of drug-likeness (QED) is 0.618. The Kier molecular flexibility index (Phi) is 6.21. The van der Waals surface area contributed by atoms with Crippen LogP contribution in [0.5, 0.6) is 0 Å². The third-order valence-corrected chi connectivity index (χ3v) is 3.78. The number of halogens is 1. The first-order valence-electron chi connectivity index (χ1n) is 7.42. The molecule has 0 saturated heterocycles. The van der Waals surface area contributed by atoms with Crippen molar-refractivity contribution in [2.75, 3.05) is 11.9 Å². The molecule has 1 aromatic heterocycles. The summed E-state index contributed by atoms with van der Waals surface area (Å²) in [7, 11) is 0. The van der Waals surface area contributed by atoms with Gasteiger partial charge in [0.1, 0.15) is 0 Å². The maximum atomic E-state index is 5.91. The Balaban J connectivity index is 1.95. The lowest BCUT2D eigenvalue weighted by molar-refractivity contribution is 0.667. The number of hydrogen-bond acceptors (Lipinski definition) is 2. The number of unbranched alkanes of at least 4 members (excludes halogenated alkanes) is 1. The van der Waals surface area contributed by atoms with Crippen LogP contribution in [0.25, 0.3) is 0 Å². The highest BCUT2D eigenvalue weighted by Crippen LogP contribution is 2.14. The van der Waals surface area contributed by atoms with E-state index >= 15 is 0 Å². The first-order chi connectivity index (χ1) is 10.6. The number of aromatic nitrogens is 2. The molecule has 0 unspecified atom stereocenters. The standard InChI is InChI=1S/C16H21ClN4S/c1-3-4-9-18-16(22)19-15-10-12(2)21(20-15)11-13-5-7-14(17)8-6-13/h5-8,10H,3-4,9,11H2,1-2H3,(H2,18,19,20,22). The third kappa shape index (κ3) is 5.00. The van der Waals surface area contributed by atoms with Crippen LogP contribution in [0.3, 0.4) is 0 Å². The number of rotatable bonds is 6. The zero-order valence-electron chi connectivity index (χ0n) is 12.9. The van der Waals surface area contributed by atoms with Crippen molar-refractivity contribution in [2.45, 2.75) is 33.2 Å². The number of nitrogens with zero attached hydrogens (tertiary/aromatic N) is 2. The number of aryl methyl sites for hydroxylation is 1. The minimum absolute atomic E-state index is 0.615. The van der Waals surface area contributed by atoms with Gasteiger partial charge in [0.25, 0.3) is 0 Å². The van der Waals surface area contributed by atoms with E-state index in [2.05, 4.69) is 22.7 Å². The molecule has 0 aliphatic carbocycles. The van der Waals surface area contributed by atoms with E-state index in [0.29, 0.717) is 11.7 Å². The predicted octanol–water partition coefficient (Wildman–Crippen LogP) is 3.98. The first-order valence-corrected chi connectivity index (χ1v) is 8.21. The summed E-state index contributed by atoms with van der Waals surface area (Å²) in [5.74, 6) is 0.764. The van der Waals surface area contributed by atoms with Crippen molar-refractivity contribution in [1.29, 1.82) is 0 Å². The number of thiocarbonyl (C=S) groups is 1. The molecule has 0 radical (unpaired) electrons. The Morgan fingerprint density at radius 2 is 2.05 bits per heavy atom. The normalized spacial score (nSPS) is 10.5. The van der Waals surface area contributed by atoms with Crippen LogP contribution < -0.4 is 10.6 Å². The highest BCUT2D eigenvalue weighted by molar-refractivity contribution is 7.80. The summed E-state index contributed by atoms with van der Waals surface area (Å²) in [6.07, 6.45) is 2.25. The molecule has 0 bridgehead atoms. The van der Waals surface area contributed by atoms with E-state index in [1.165, 1.54) is 0 Å². The van der Waals surface area contributed by atoms with Gasteiger partial charge in [0, 0.05) is 23.3 Å². The van der Waals surface area contributed by atoms with E-state index < -0.39 is 0 Å². The molecule has 0 aliphatic rings.